The van der Waals surface area contributed by atoms with Crippen LogP contribution >= 0.6 is 11.8 Å². The van der Waals surface area contributed by atoms with Gasteiger partial charge in [-0.3, -0.25) is 0 Å². The summed E-state index contributed by atoms with van der Waals surface area (Å²) in [5, 5.41) is 1.25. The molecule has 0 spiro atoms. The summed E-state index contributed by atoms with van der Waals surface area (Å²) >= 11 is 1.30. The Morgan fingerprint density at radius 3 is 2.33 bits per heavy atom. The molecule has 0 saturated carbocycles. The molecular weight excluding hydrogens is 248 g/mol. The molecule has 18 heavy (non-hydrogen) atoms. The quantitative estimate of drug-likeness (QED) is 0.711. The zero-order chi connectivity index (χ0) is 13.1. The summed E-state index contributed by atoms with van der Waals surface area (Å²) in [5.74, 6) is 0.689. The van der Waals surface area contributed by atoms with E-state index in [4.69, 9.17) is 17.2 Å². The lowest BCUT2D eigenvalue weighted by atomic mass is 10.2. The van der Waals surface area contributed by atoms with Crippen LogP contribution in [0.25, 0.3) is 0 Å². The minimum absolute atomic E-state index is 0.0317. The molecule has 2 aromatic rings. The van der Waals surface area contributed by atoms with Crippen LogP contribution in [0.2, 0.25) is 0 Å². The molecule has 7 heteroatoms. The van der Waals surface area contributed by atoms with Crippen molar-refractivity contribution in [2.45, 2.75) is 23.1 Å². The summed E-state index contributed by atoms with van der Waals surface area (Å²) in [6.45, 7) is 1.91. The topological polar surface area (TPSA) is 117 Å². The predicted molar refractivity (Wildman–Crippen MR) is 71.8 cm³/mol. The Balaban J connectivity index is 2.18. The number of nitrogen functional groups attached to an aromatic ring is 2. The first-order valence-corrected chi connectivity index (χ1v) is 6.15. The van der Waals surface area contributed by atoms with Crippen LogP contribution < -0.4 is 17.2 Å². The van der Waals surface area contributed by atoms with Crippen molar-refractivity contribution < 1.29 is 0 Å². The maximum absolute atomic E-state index is 5.75. The zero-order valence-corrected chi connectivity index (χ0v) is 10.7. The summed E-state index contributed by atoms with van der Waals surface area (Å²) in [5.41, 5.74) is 17.9. The second kappa shape index (κ2) is 5.19. The van der Waals surface area contributed by atoms with Gasteiger partial charge >= 0.3 is 0 Å². The molecule has 6 nitrogen and oxygen atoms in total. The maximum atomic E-state index is 5.75. The number of nitrogens with zero attached hydrogens (tertiary/aromatic N) is 3. The first kappa shape index (κ1) is 12.6. The summed E-state index contributed by atoms with van der Waals surface area (Å²) in [7, 11) is 0. The number of pyridine rings is 1. The third-order valence-corrected chi connectivity index (χ3v) is 3.04. The fourth-order valence-corrected chi connectivity index (χ4v) is 2.05. The number of anilines is 2. The predicted octanol–water partition coefficient (Wildman–Crippen LogP) is 1.21. The van der Waals surface area contributed by atoms with Gasteiger partial charge in [-0.2, -0.15) is 0 Å². The smallest absolute Gasteiger partial charge is 0.197 e. The second-order valence-corrected chi connectivity index (χ2v) is 4.81. The number of rotatable bonds is 3. The van der Waals surface area contributed by atoms with E-state index in [0.29, 0.717) is 16.8 Å². The van der Waals surface area contributed by atoms with Crippen molar-refractivity contribution in [3.63, 3.8) is 0 Å². The minimum Gasteiger partial charge on any atom is -0.383 e. The fourth-order valence-electron chi connectivity index (χ4n) is 1.32. The first-order valence-electron chi connectivity index (χ1n) is 5.34. The third kappa shape index (κ3) is 3.08. The molecule has 2 rings (SSSR count). The van der Waals surface area contributed by atoms with Gasteiger partial charge in [0.25, 0.3) is 0 Å². The van der Waals surface area contributed by atoms with E-state index in [1.54, 1.807) is 6.20 Å². The Hall–Kier alpha value is -1.86. The van der Waals surface area contributed by atoms with E-state index in [9.17, 15) is 0 Å². The molecule has 0 aliphatic heterocycles. The number of hydrogen-bond donors (Lipinski definition) is 3. The highest BCUT2D eigenvalue weighted by atomic mass is 32.2. The van der Waals surface area contributed by atoms with Crippen molar-refractivity contribution in [1.29, 1.82) is 0 Å². The van der Waals surface area contributed by atoms with Gasteiger partial charge in [0, 0.05) is 18.3 Å². The Bertz CT molecular complexity index is 519. The lowest BCUT2D eigenvalue weighted by Gasteiger charge is -2.06. The molecule has 0 fully saturated rings. The van der Waals surface area contributed by atoms with Crippen molar-refractivity contribution in [2.24, 2.45) is 5.73 Å². The summed E-state index contributed by atoms with van der Waals surface area (Å²) < 4.78 is 0. The van der Waals surface area contributed by atoms with E-state index < -0.39 is 0 Å². The Morgan fingerprint density at radius 1 is 1.17 bits per heavy atom. The maximum Gasteiger partial charge on any atom is 0.197 e. The molecule has 2 heterocycles. The van der Waals surface area contributed by atoms with Crippen molar-refractivity contribution in [3.05, 3.63) is 30.0 Å². The van der Waals surface area contributed by atoms with Crippen LogP contribution in [0.1, 0.15) is 18.5 Å². The molecule has 0 aliphatic rings. The molecular formula is C11H14N6S. The lowest BCUT2D eigenvalue weighted by Crippen LogP contribution is -2.05. The molecule has 2 aromatic heterocycles. The van der Waals surface area contributed by atoms with Crippen molar-refractivity contribution >= 4 is 23.4 Å². The Kier molecular flexibility index (Phi) is 3.63. The standard InChI is InChI=1S/C11H14N6S/c1-6(12)7-2-3-10(15-5-7)18-11-16-8(13)4-9(14)17-11/h2-6H,12H2,1H3,(H4,13,14,16,17). The normalized spacial score (nSPS) is 12.3. The van der Waals surface area contributed by atoms with Gasteiger partial charge in [-0.05, 0) is 30.3 Å². The van der Waals surface area contributed by atoms with Gasteiger partial charge in [0.2, 0.25) is 0 Å². The molecule has 0 amide bonds. The monoisotopic (exact) mass is 262 g/mol. The highest BCUT2D eigenvalue weighted by molar-refractivity contribution is 7.99. The van der Waals surface area contributed by atoms with E-state index in [1.165, 1.54) is 17.8 Å². The van der Waals surface area contributed by atoms with Crippen LogP contribution in [0.5, 0.6) is 0 Å². The van der Waals surface area contributed by atoms with E-state index in [1.807, 2.05) is 19.1 Å². The summed E-state index contributed by atoms with van der Waals surface area (Å²) in [6, 6.07) is 5.27. The van der Waals surface area contributed by atoms with Gasteiger partial charge in [0.15, 0.2) is 5.16 Å². The van der Waals surface area contributed by atoms with Gasteiger partial charge in [-0.25, -0.2) is 15.0 Å². The van der Waals surface area contributed by atoms with Crippen LogP contribution in [0.3, 0.4) is 0 Å². The van der Waals surface area contributed by atoms with Crippen LogP contribution in [0.15, 0.2) is 34.6 Å². The Morgan fingerprint density at radius 2 is 1.83 bits per heavy atom. The minimum atomic E-state index is -0.0317. The summed E-state index contributed by atoms with van der Waals surface area (Å²) in [4.78, 5) is 12.4. The van der Waals surface area contributed by atoms with E-state index in [0.717, 1.165) is 10.6 Å². The van der Waals surface area contributed by atoms with Crippen LogP contribution in [0.4, 0.5) is 11.6 Å². The molecule has 1 unspecified atom stereocenters. The zero-order valence-electron chi connectivity index (χ0n) is 9.87. The largest absolute Gasteiger partial charge is 0.383 e. The number of aromatic nitrogens is 3. The van der Waals surface area contributed by atoms with Gasteiger partial charge in [-0.1, -0.05) is 6.07 Å². The number of nitrogens with two attached hydrogens (primary N) is 3. The van der Waals surface area contributed by atoms with Gasteiger partial charge in [-0.15, -0.1) is 0 Å². The SMILES string of the molecule is CC(N)c1ccc(Sc2nc(N)cc(N)n2)nc1. The molecule has 0 saturated heterocycles. The van der Waals surface area contributed by atoms with E-state index in [2.05, 4.69) is 15.0 Å². The second-order valence-electron chi connectivity index (χ2n) is 3.82. The molecule has 1 atom stereocenters. The van der Waals surface area contributed by atoms with Gasteiger partial charge in [0.1, 0.15) is 16.7 Å². The van der Waals surface area contributed by atoms with Crippen LogP contribution in [-0.4, -0.2) is 15.0 Å². The average molecular weight is 262 g/mol. The first-order chi connectivity index (χ1) is 8.54. The van der Waals surface area contributed by atoms with Gasteiger partial charge in [0.05, 0.1) is 0 Å². The third-order valence-electron chi connectivity index (χ3n) is 2.23. The summed E-state index contributed by atoms with van der Waals surface area (Å²) in [6.07, 6.45) is 1.74. The highest BCUT2D eigenvalue weighted by Crippen LogP contribution is 2.24. The van der Waals surface area contributed by atoms with Crippen molar-refractivity contribution in [1.82, 2.24) is 15.0 Å². The lowest BCUT2D eigenvalue weighted by molar-refractivity contribution is 0.806. The van der Waals surface area contributed by atoms with Crippen molar-refractivity contribution in [2.75, 3.05) is 11.5 Å². The van der Waals surface area contributed by atoms with Crippen LogP contribution in [-0.2, 0) is 0 Å². The molecule has 0 aliphatic carbocycles. The van der Waals surface area contributed by atoms with E-state index >= 15 is 0 Å². The molecule has 6 N–H and O–H groups in total. The van der Waals surface area contributed by atoms with Crippen molar-refractivity contribution in [3.8, 4) is 0 Å². The highest BCUT2D eigenvalue weighted by Gasteiger charge is 2.05. The molecule has 94 valence electrons. The van der Waals surface area contributed by atoms with Gasteiger partial charge < -0.3 is 17.2 Å². The van der Waals surface area contributed by atoms with E-state index in [-0.39, 0.29) is 6.04 Å². The Labute approximate surface area is 109 Å². The molecule has 0 aromatic carbocycles. The molecule has 0 bridgehead atoms. The fraction of sp³-hybridized carbons (Fsp3) is 0.182. The number of hydrogen-bond acceptors (Lipinski definition) is 7. The molecule has 0 radical (unpaired) electrons. The van der Waals surface area contributed by atoms with Crippen LogP contribution in [0, 0.1) is 0 Å². The average Bonchev–Trinajstić information content (AvgIpc) is 2.28.